The minimum atomic E-state index is -0.907. The van der Waals surface area contributed by atoms with Gasteiger partial charge in [0.2, 0.25) is 6.29 Å². The molecule has 0 aliphatic carbocycles. The number of carbonyl (C=O) groups is 3. The van der Waals surface area contributed by atoms with Crippen molar-refractivity contribution >= 4 is 17.9 Å². The fourth-order valence-corrected chi connectivity index (χ4v) is 6.57. The second kappa shape index (κ2) is 21.5. The van der Waals surface area contributed by atoms with Gasteiger partial charge in [0.1, 0.15) is 0 Å². The first-order chi connectivity index (χ1) is 24.5. The van der Waals surface area contributed by atoms with Crippen molar-refractivity contribution in [2.24, 2.45) is 22.1 Å². The number of azide groups is 2. The van der Waals surface area contributed by atoms with Crippen LogP contribution in [0.1, 0.15) is 106 Å². The summed E-state index contributed by atoms with van der Waals surface area (Å²) in [5.74, 6) is -1.76. The average molecular weight is 734 g/mol. The Balaban J connectivity index is 0.000000492. The number of hydrogen-bond donors (Lipinski definition) is 1. The van der Waals surface area contributed by atoms with Crippen molar-refractivity contribution in [1.82, 2.24) is 9.55 Å². The predicted molar refractivity (Wildman–Crippen MR) is 186 cm³/mol. The zero-order chi connectivity index (χ0) is 39.6. The van der Waals surface area contributed by atoms with E-state index in [1.54, 1.807) is 13.0 Å². The van der Waals surface area contributed by atoms with E-state index in [0.717, 1.165) is 0 Å². The third-order valence-corrected chi connectivity index (χ3v) is 9.25. The summed E-state index contributed by atoms with van der Waals surface area (Å²) in [6.45, 7) is 15.3. The van der Waals surface area contributed by atoms with Gasteiger partial charge in [0, 0.05) is 74.2 Å². The van der Waals surface area contributed by atoms with E-state index in [4.69, 9.17) is 40.0 Å². The number of rotatable bonds is 14. The molecule has 52 heavy (non-hydrogen) atoms. The van der Waals surface area contributed by atoms with E-state index in [0.29, 0.717) is 57.2 Å². The van der Waals surface area contributed by atoms with Gasteiger partial charge in [-0.2, -0.15) is 5.26 Å². The number of carbonyl (C=O) groups excluding carboxylic acids is 3. The number of aromatic amines is 1. The number of nitrogens with one attached hydrogen (secondary N) is 1. The number of hydrogen-bond acceptors (Lipinski definition) is 13. The van der Waals surface area contributed by atoms with Crippen molar-refractivity contribution in [1.29, 1.82) is 5.26 Å². The molecule has 2 saturated heterocycles. The monoisotopic (exact) mass is 733 g/mol. The van der Waals surface area contributed by atoms with E-state index in [2.05, 4.69) is 25.0 Å². The third-order valence-electron chi connectivity index (χ3n) is 9.25. The Morgan fingerprint density at radius 3 is 1.79 bits per heavy atom. The van der Waals surface area contributed by atoms with Crippen LogP contribution in [0, 0.1) is 30.1 Å². The lowest BCUT2D eigenvalue weighted by Crippen LogP contribution is -2.38. The molecule has 0 radical (unpaired) electrons. The molecular weight excluding hydrogens is 682 g/mol. The lowest BCUT2D eigenvalue weighted by atomic mass is 9.81. The Bertz CT molecular complexity index is 1630. The SMILES string of the molecule is CC#N.CC[C@@]1(CCCN=[N+]=[N-])OC(OC(C)=O)[C@H](OC(C)=O)[C@@H]1C.CC[C@@]1(CCCN=[N+]=[N-])O[C@@H](n2cc(C)c(=O)[nH]c2=O)[C@H](OC(C)=O)[C@@H]1C. The third kappa shape index (κ3) is 12.1. The van der Waals surface area contributed by atoms with Gasteiger partial charge in [0.25, 0.3) is 5.56 Å². The Morgan fingerprint density at radius 1 is 0.904 bits per heavy atom. The summed E-state index contributed by atoms with van der Waals surface area (Å²) in [6.07, 6.45) is 2.06. The smallest absolute Gasteiger partial charge is 0.330 e. The summed E-state index contributed by atoms with van der Waals surface area (Å²) in [4.78, 5) is 65.9. The van der Waals surface area contributed by atoms with Crippen LogP contribution in [0.5, 0.6) is 0 Å². The second-order valence-electron chi connectivity index (χ2n) is 12.5. The average Bonchev–Trinajstić information content (AvgIpc) is 3.48. The van der Waals surface area contributed by atoms with Gasteiger partial charge in [0.05, 0.1) is 17.3 Å². The molecule has 1 unspecified atom stereocenters. The highest BCUT2D eigenvalue weighted by atomic mass is 16.7. The van der Waals surface area contributed by atoms with E-state index >= 15 is 0 Å². The Morgan fingerprint density at radius 2 is 1.35 bits per heavy atom. The molecule has 288 valence electrons. The lowest BCUT2D eigenvalue weighted by molar-refractivity contribution is -0.205. The minimum absolute atomic E-state index is 0.142. The number of nitriles is 1. The Labute approximate surface area is 302 Å². The topological polar surface area (TPSA) is 274 Å². The van der Waals surface area contributed by atoms with Crippen LogP contribution in [0.15, 0.2) is 26.0 Å². The Hall–Kier alpha value is -4.88. The van der Waals surface area contributed by atoms with Gasteiger partial charge in [-0.25, -0.2) is 4.79 Å². The van der Waals surface area contributed by atoms with Crippen molar-refractivity contribution in [3.8, 4) is 6.07 Å². The van der Waals surface area contributed by atoms with Crippen LogP contribution < -0.4 is 11.2 Å². The van der Waals surface area contributed by atoms with Gasteiger partial charge in [0.15, 0.2) is 18.4 Å². The maximum atomic E-state index is 12.3. The number of esters is 3. The van der Waals surface area contributed by atoms with Gasteiger partial charge >= 0.3 is 23.6 Å². The predicted octanol–water partition coefficient (Wildman–Crippen LogP) is 5.42. The number of ether oxygens (including phenoxy) is 5. The van der Waals surface area contributed by atoms with E-state index in [-0.39, 0.29) is 11.8 Å². The molecule has 3 rings (SSSR count). The molecule has 0 bridgehead atoms. The zero-order valence-corrected chi connectivity index (χ0v) is 31.4. The van der Waals surface area contributed by atoms with Crippen LogP contribution >= 0.6 is 0 Å². The normalized spacial score (nSPS) is 27.2. The summed E-state index contributed by atoms with van der Waals surface area (Å²) < 4.78 is 29.5. The number of aryl methyl sites for hydroxylation is 1. The van der Waals surface area contributed by atoms with Crippen LogP contribution in [0.2, 0.25) is 0 Å². The summed E-state index contributed by atoms with van der Waals surface area (Å²) in [7, 11) is 0. The zero-order valence-electron chi connectivity index (χ0n) is 31.4. The molecule has 1 aromatic heterocycles. The second-order valence-corrected chi connectivity index (χ2v) is 12.5. The molecule has 19 nitrogen and oxygen atoms in total. The van der Waals surface area contributed by atoms with Crippen LogP contribution in [-0.4, -0.2) is 70.2 Å². The molecule has 0 amide bonds. The summed E-state index contributed by atoms with van der Waals surface area (Å²) in [5, 5.41) is 14.4. The number of H-pyrrole nitrogens is 1. The molecule has 19 heteroatoms. The molecule has 1 N–H and O–H groups in total. The summed E-state index contributed by atoms with van der Waals surface area (Å²) in [6, 6.07) is 1.75. The summed E-state index contributed by atoms with van der Waals surface area (Å²) in [5.41, 5.74) is 14.8. The minimum Gasteiger partial charge on any atom is -0.457 e. The molecule has 0 aromatic carbocycles. The molecule has 0 spiro atoms. The van der Waals surface area contributed by atoms with E-state index in [1.165, 1.54) is 38.5 Å². The first-order valence-corrected chi connectivity index (χ1v) is 17.0. The fourth-order valence-electron chi connectivity index (χ4n) is 6.57. The molecule has 8 atom stereocenters. The van der Waals surface area contributed by atoms with Crippen molar-refractivity contribution in [3.63, 3.8) is 0 Å². The highest BCUT2D eigenvalue weighted by Crippen LogP contribution is 2.47. The number of aromatic nitrogens is 2. The van der Waals surface area contributed by atoms with Gasteiger partial charge in [-0.3, -0.25) is 28.7 Å². The highest BCUT2D eigenvalue weighted by molar-refractivity contribution is 5.67. The molecule has 2 aliphatic rings. The first-order valence-electron chi connectivity index (χ1n) is 17.0. The van der Waals surface area contributed by atoms with Crippen LogP contribution in [0.4, 0.5) is 0 Å². The van der Waals surface area contributed by atoms with Crippen molar-refractivity contribution in [3.05, 3.63) is 53.5 Å². The first kappa shape index (κ1) is 45.1. The van der Waals surface area contributed by atoms with Crippen LogP contribution in [-0.2, 0) is 38.1 Å². The van der Waals surface area contributed by atoms with E-state index in [1.807, 2.05) is 27.7 Å². The lowest BCUT2D eigenvalue weighted by Gasteiger charge is -2.32. The molecule has 0 saturated carbocycles. The maximum Gasteiger partial charge on any atom is 0.330 e. The van der Waals surface area contributed by atoms with Gasteiger partial charge < -0.3 is 23.7 Å². The Kier molecular flexibility index (Phi) is 18.6. The molecule has 2 fully saturated rings. The molecular formula is C33H51N9O10. The van der Waals surface area contributed by atoms with E-state index < -0.39 is 65.1 Å². The molecule has 2 aliphatic heterocycles. The maximum absolute atomic E-state index is 12.3. The molecule has 3 heterocycles. The van der Waals surface area contributed by atoms with Gasteiger partial charge in [-0.1, -0.05) is 37.9 Å². The number of nitrogens with zero attached hydrogens (tertiary/aromatic N) is 8. The quantitative estimate of drug-likeness (QED) is 0.0629. The van der Waals surface area contributed by atoms with Crippen LogP contribution in [0.25, 0.3) is 20.9 Å². The van der Waals surface area contributed by atoms with Gasteiger partial charge in [-0.05, 0) is 56.5 Å². The van der Waals surface area contributed by atoms with Crippen LogP contribution in [0.3, 0.4) is 0 Å². The fraction of sp³-hybridized carbons (Fsp3) is 0.758. The van der Waals surface area contributed by atoms with Crippen molar-refractivity contribution in [2.75, 3.05) is 13.1 Å². The van der Waals surface area contributed by atoms with Crippen molar-refractivity contribution < 1.29 is 38.1 Å². The largest absolute Gasteiger partial charge is 0.457 e. The van der Waals surface area contributed by atoms with Crippen molar-refractivity contribution in [2.45, 2.75) is 137 Å². The highest BCUT2D eigenvalue weighted by Gasteiger charge is 2.55. The molecule has 1 aromatic rings. The summed E-state index contributed by atoms with van der Waals surface area (Å²) >= 11 is 0. The standard InChI is InChI=1S/C17H25N5O5.C14H23N3O5.C2H3N/c1-5-17(7-6-8-19-21-18)11(3)13(26-12(4)23)15(27-17)22-9-10(2)14(24)20-16(22)25;1-5-14(7-6-8-16-17-15)9(2)12(20-10(3)18)13(22-14)21-11(4)19;1-2-3/h9,11,13,15H,5-8H2,1-4H3,(H,20,24,25);9,12-13H,5-8H2,1-4H3;1H3/t11-,13+,15+,17-;9-,12+,13?,14-;/m00./s1. The van der Waals surface area contributed by atoms with E-state index in [9.17, 15) is 24.0 Å². The van der Waals surface area contributed by atoms with Gasteiger partial charge in [-0.15, -0.1) is 0 Å².